The van der Waals surface area contributed by atoms with Crippen molar-refractivity contribution in [1.29, 1.82) is 0 Å². The Morgan fingerprint density at radius 2 is 2.10 bits per heavy atom. The van der Waals surface area contributed by atoms with Gasteiger partial charge in [-0.15, -0.1) is 0 Å². The number of rotatable bonds is 5. The first kappa shape index (κ1) is 18.9. The zero-order valence-corrected chi connectivity index (χ0v) is 16.1. The molecule has 2 aromatic heterocycles. The van der Waals surface area contributed by atoms with Gasteiger partial charge >= 0.3 is 0 Å². The molecule has 4 rings (SSSR count). The molecule has 1 aliphatic rings. The summed E-state index contributed by atoms with van der Waals surface area (Å²) in [6.45, 7) is 0.580. The summed E-state index contributed by atoms with van der Waals surface area (Å²) in [7, 11) is 3.29. The van der Waals surface area contributed by atoms with Crippen LogP contribution in [-0.2, 0) is 11.8 Å². The molecule has 1 aliphatic heterocycles. The normalized spacial score (nSPS) is 18.6. The van der Waals surface area contributed by atoms with Crippen molar-refractivity contribution < 1.29 is 14.3 Å². The topological polar surface area (TPSA) is 100 Å². The van der Waals surface area contributed by atoms with Crippen LogP contribution in [0.4, 0.5) is 0 Å². The highest BCUT2D eigenvalue weighted by molar-refractivity contribution is 5.92. The van der Waals surface area contributed by atoms with Crippen molar-refractivity contribution in [2.45, 2.75) is 12.1 Å². The number of methoxy groups -OCH3 is 1. The Morgan fingerprint density at radius 1 is 1.24 bits per heavy atom. The summed E-state index contributed by atoms with van der Waals surface area (Å²) in [6.07, 6.45) is 1.56. The van der Waals surface area contributed by atoms with Crippen LogP contribution < -0.4 is 15.6 Å². The van der Waals surface area contributed by atoms with Crippen LogP contribution in [0.2, 0.25) is 0 Å². The molecule has 150 valence electrons. The lowest BCUT2D eigenvalue weighted by Crippen LogP contribution is -2.44. The smallest absolute Gasteiger partial charge is 0.269 e. The van der Waals surface area contributed by atoms with Crippen molar-refractivity contribution in [3.63, 3.8) is 0 Å². The number of carbonyl (C=O) groups excluding carboxylic acids is 1. The van der Waals surface area contributed by atoms with Crippen LogP contribution in [-0.4, -0.2) is 51.8 Å². The summed E-state index contributed by atoms with van der Waals surface area (Å²) in [4.78, 5) is 25.1. The van der Waals surface area contributed by atoms with Crippen molar-refractivity contribution in [1.82, 2.24) is 24.9 Å². The Hall–Kier alpha value is -3.46. The van der Waals surface area contributed by atoms with Crippen molar-refractivity contribution >= 4 is 5.91 Å². The summed E-state index contributed by atoms with van der Waals surface area (Å²) in [5.74, 6) is 0.426. The number of carbonyl (C=O) groups is 1. The lowest BCUT2D eigenvalue weighted by Gasteiger charge is -2.20. The number of benzene rings is 1. The van der Waals surface area contributed by atoms with E-state index in [0.29, 0.717) is 23.7 Å². The summed E-state index contributed by atoms with van der Waals surface area (Å²) in [6, 6.07) is 11.4. The minimum Gasteiger partial charge on any atom is -0.497 e. The predicted molar refractivity (Wildman–Crippen MR) is 105 cm³/mol. The van der Waals surface area contributed by atoms with Crippen molar-refractivity contribution in [3.8, 4) is 17.0 Å². The highest BCUT2D eigenvalue weighted by Crippen LogP contribution is 2.23. The molecule has 0 spiro atoms. The molecular weight excluding hydrogens is 374 g/mol. The maximum absolute atomic E-state index is 12.6. The van der Waals surface area contributed by atoms with Gasteiger partial charge in [-0.2, -0.15) is 10.2 Å². The third kappa shape index (κ3) is 3.77. The van der Waals surface area contributed by atoms with E-state index in [1.165, 1.54) is 15.4 Å². The van der Waals surface area contributed by atoms with E-state index in [-0.39, 0.29) is 24.1 Å². The van der Waals surface area contributed by atoms with Gasteiger partial charge in [0.15, 0.2) is 0 Å². The Bertz CT molecular complexity index is 1090. The second-order valence-corrected chi connectivity index (χ2v) is 6.76. The van der Waals surface area contributed by atoms with Crippen LogP contribution in [0.1, 0.15) is 16.5 Å². The van der Waals surface area contributed by atoms with Crippen LogP contribution in [0, 0.1) is 0 Å². The summed E-state index contributed by atoms with van der Waals surface area (Å²) in [5.41, 5.74) is 1.63. The van der Waals surface area contributed by atoms with E-state index in [1.54, 1.807) is 32.5 Å². The number of nitrogens with one attached hydrogen (secondary N) is 1. The molecule has 1 saturated heterocycles. The molecule has 3 aromatic rings. The second kappa shape index (κ2) is 7.88. The Balaban J connectivity index is 1.62. The van der Waals surface area contributed by atoms with Gasteiger partial charge in [0.1, 0.15) is 17.5 Å². The van der Waals surface area contributed by atoms with Crippen LogP contribution in [0.25, 0.3) is 11.3 Å². The largest absolute Gasteiger partial charge is 0.497 e. The molecule has 1 fully saturated rings. The molecule has 0 aliphatic carbocycles. The van der Waals surface area contributed by atoms with Crippen molar-refractivity contribution in [3.05, 3.63) is 64.7 Å². The fourth-order valence-electron chi connectivity index (χ4n) is 3.36. The summed E-state index contributed by atoms with van der Waals surface area (Å²) >= 11 is 0. The Labute approximate surface area is 166 Å². The Morgan fingerprint density at radius 3 is 2.86 bits per heavy atom. The zero-order chi connectivity index (χ0) is 20.4. The van der Waals surface area contributed by atoms with E-state index in [1.807, 2.05) is 24.3 Å². The molecule has 29 heavy (non-hydrogen) atoms. The lowest BCUT2D eigenvalue weighted by molar-refractivity contribution is 0.0915. The van der Waals surface area contributed by atoms with Gasteiger partial charge in [0.25, 0.3) is 11.5 Å². The number of hydrogen-bond acceptors (Lipinski definition) is 6. The first-order chi connectivity index (χ1) is 14.1. The predicted octanol–water partition coefficient (Wildman–Crippen LogP) is 1.02. The number of aromatic nitrogens is 4. The molecule has 3 heterocycles. The van der Waals surface area contributed by atoms with Crippen LogP contribution in [0.15, 0.2) is 53.5 Å². The molecular formula is C20H21N5O4. The SMILES string of the molecule is COc1cccc(-c2ccc(=O)n(C3COCC3NC(=O)c3ccnn3C)n2)c1. The Kier molecular flexibility index (Phi) is 5.13. The molecule has 2 atom stereocenters. The van der Waals surface area contributed by atoms with E-state index in [9.17, 15) is 9.59 Å². The molecule has 9 nitrogen and oxygen atoms in total. The van der Waals surface area contributed by atoms with Gasteiger partial charge in [-0.3, -0.25) is 14.3 Å². The van der Waals surface area contributed by atoms with Crippen molar-refractivity contribution in [2.75, 3.05) is 20.3 Å². The molecule has 1 aromatic carbocycles. The van der Waals surface area contributed by atoms with E-state index in [0.717, 1.165) is 5.56 Å². The highest BCUT2D eigenvalue weighted by atomic mass is 16.5. The van der Waals surface area contributed by atoms with Gasteiger partial charge < -0.3 is 14.8 Å². The van der Waals surface area contributed by atoms with Gasteiger partial charge in [-0.1, -0.05) is 12.1 Å². The lowest BCUT2D eigenvalue weighted by atomic mass is 10.1. The third-order valence-electron chi connectivity index (χ3n) is 4.93. The molecule has 1 amide bonds. The van der Waals surface area contributed by atoms with Gasteiger partial charge in [0, 0.05) is 24.9 Å². The number of aryl methyl sites for hydroxylation is 1. The fraction of sp³-hybridized carbons (Fsp3) is 0.300. The van der Waals surface area contributed by atoms with Crippen LogP contribution >= 0.6 is 0 Å². The number of hydrogen-bond donors (Lipinski definition) is 1. The molecule has 0 bridgehead atoms. The zero-order valence-electron chi connectivity index (χ0n) is 16.1. The minimum atomic E-state index is -0.412. The number of ether oxygens (including phenoxy) is 2. The molecule has 0 saturated carbocycles. The average molecular weight is 395 g/mol. The van der Waals surface area contributed by atoms with Crippen LogP contribution in [0.5, 0.6) is 5.75 Å². The number of amides is 1. The average Bonchev–Trinajstić information content (AvgIpc) is 3.37. The van der Waals surface area contributed by atoms with Crippen LogP contribution in [0.3, 0.4) is 0 Å². The molecule has 1 N–H and O–H groups in total. The van der Waals surface area contributed by atoms with Gasteiger partial charge in [0.05, 0.1) is 32.1 Å². The summed E-state index contributed by atoms with van der Waals surface area (Å²) < 4.78 is 13.7. The monoisotopic (exact) mass is 395 g/mol. The first-order valence-electron chi connectivity index (χ1n) is 9.17. The maximum Gasteiger partial charge on any atom is 0.269 e. The van der Waals surface area contributed by atoms with Gasteiger partial charge in [-0.25, -0.2) is 4.68 Å². The number of nitrogens with zero attached hydrogens (tertiary/aromatic N) is 4. The van der Waals surface area contributed by atoms with E-state index >= 15 is 0 Å². The second-order valence-electron chi connectivity index (χ2n) is 6.76. The highest BCUT2D eigenvalue weighted by Gasteiger charge is 2.33. The quantitative estimate of drug-likeness (QED) is 0.692. The molecule has 9 heteroatoms. The molecule has 0 radical (unpaired) electrons. The third-order valence-corrected chi connectivity index (χ3v) is 4.93. The minimum absolute atomic E-state index is 0.257. The fourth-order valence-corrected chi connectivity index (χ4v) is 3.36. The van der Waals surface area contributed by atoms with E-state index in [4.69, 9.17) is 9.47 Å². The van der Waals surface area contributed by atoms with Gasteiger partial charge in [-0.05, 0) is 24.3 Å². The molecule has 2 unspecified atom stereocenters. The summed E-state index contributed by atoms with van der Waals surface area (Å²) in [5, 5.41) is 11.5. The van der Waals surface area contributed by atoms with Gasteiger partial charge in [0.2, 0.25) is 0 Å². The standard InChI is InChI=1S/C20H21N5O4/c1-24-17(8-9-21-24)20(27)22-16-11-29-12-18(16)25-19(26)7-6-15(23-25)13-4-3-5-14(10-13)28-2/h3-10,16,18H,11-12H2,1-2H3,(H,22,27). The first-order valence-corrected chi connectivity index (χ1v) is 9.17. The van der Waals surface area contributed by atoms with E-state index < -0.39 is 6.04 Å². The maximum atomic E-state index is 12.6. The van der Waals surface area contributed by atoms with E-state index in [2.05, 4.69) is 15.5 Å². The van der Waals surface area contributed by atoms with Crippen molar-refractivity contribution in [2.24, 2.45) is 7.05 Å².